The van der Waals surface area contributed by atoms with E-state index < -0.39 is 10.0 Å². The highest BCUT2D eigenvalue weighted by Gasteiger charge is 2.04. The molecule has 1 N–H and O–H groups in total. The topological polar surface area (TPSA) is 64.0 Å². The maximum atomic E-state index is 10.9. The molecular weight excluding hydrogens is 178 g/mol. The SMILES string of the molecule is C=CS(=O)(=O)Nc1cnn(C)c1. The number of sulfonamides is 1. The minimum atomic E-state index is -3.40. The van der Waals surface area contributed by atoms with Gasteiger partial charge in [0.2, 0.25) is 0 Å². The van der Waals surface area contributed by atoms with Gasteiger partial charge in [-0.05, 0) is 0 Å². The average molecular weight is 187 g/mol. The summed E-state index contributed by atoms with van der Waals surface area (Å²) in [6, 6.07) is 0. The largest absolute Gasteiger partial charge is 0.277 e. The number of hydrogen-bond acceptors (Lipinski definition) is 3. The van der Waals surface area contributed by atoms with Gasteiger partial charge in [-0.3, -0.25) is 9.40 Å². The molecule has 0 spiro atoms. The number of nitrogens with one attached hydrogen (secondary N) is 1. The van der Waals surface area contributed by atoms with E-state index >= 15 is 0 Å². The number of aryl methyl sites for hydroxylation is 1. The highest BCUT2D eigenvalue weighted by molar-refractivity contribution is 7.95. The minimum Gasteiger partial charge on any atom is -0.277 e. The summed E-state index contributed by atoms with van der Waals surface area (Å²) in [5.41, 5.74) is 0.428. The summed E-state index contributed by atoms with van der Waals surface area (Å²) in [6.45, 7) is 3.16. The molecule has 0 saturated carbocycles. The molecule has 0 aromatic carbocycles. The molecule has 1 heterocycles. The Labute approximate surface area is 70.8 Å². The Morgan fingerprint density at radius 1 is 1.75 bits per heavy atom. The van der Waals surface area contributed by atoms with Crippen molar-refractivity contribution in [2.45, 2.75) is 0 Å². The summed E-state index contributed by atoms with van der Waals surface area (Å²) in [6.07, 6.45) is 2.97. The van der Waals surface area contributed by atoms with Gasteiger partial charge < -0.3 is 0 Å². The monoisotopic (exact) mass is 187 g/mol. The Kier molecular flexibility index (Phi) is 2.18. The van der Waals surface area contributed by atoms with Crippen LogP contribution in [0, 0.1) is 0 Å². The van der Waals surface area contributed by atoms with Crippen molar-refractivity contribution in [3.8, 4) is 0 Å². The fourth-order valence-corrected chi connectivity index (χ4v) is 1.20. The van der Waals surface area contributed by atoms with Crippen molar-refractivity contribution in [2.75, 3.05) is 4.72 Å². The van der Waals surface area contributed by atoms with Crippen LogP contribution in [0.3, 0.4) is 0 Å². The third-order valence-corrected chi connectivity index (χ3v) is 2.14. The Morgan fingerprint density at radius 2 is 2.42 bits per heavy atom. The first-order valence-electron chi connectivity index (χ1n) is 3.17. The van der Waals surface area contributed by atoms with Crippen LogP contribution in [0.4, 0.5) is 5.69 Å². The zero-order valence-corrected chi connectivity index (χ0v) is 7.37. The third-order valence-electron chi connectivity index (χ3n) is 1.18. The van der Waals surface area contributed by atoms with Gasteiger partial charge in [0.05, 0.1) is 11.9 Å². The molecule has 0 bridgehead atoms. The van der Waals surface area contributed by atoms with Crippen molar-refractivity contribution in [1.29, 1.82) is 0 Å². The zero-order chi connectivity index (χ0) is 9.19. The van der Waals surface area contributed by atoms with Crippen LogP contribution in [0.1, 0.15) is 0 Å². The molecule has 0 aliphatic carbocycles. The molecule has 1 rings (SSSR count). The molecule has 1 aromatic heterocycles. The van der Waals surface area contributed by atoms with Crippen molar-refractivity contribution in [3.63, 3.8) is 0 Å². The van der Waals surface area contributed by atoms with E-state index in [9.17, 15) is 8.42 Å². The molecule has 0 aliphatic rings. The lowest BCUT2D eigenvalue weighted by Gasteiger charge is -1.97. The van der Waals surface area contributed by atoms with Gasteiger partial charge in [-0.25, -0.2) is 8.42 Å². The van der Waals surface area contributed by atoms with E-state index in [2.05, 4.69) is 16.4 Å². The summed E-state index contributed by atoms with van der Waals surface area (Å²) < 4.78 is 25.6. The Hall–Kier alpha value is -1.30. The van der Waals surface area contributed by atoms with Crippen LogP contribution in [0.2, 0.25) is 0 Å². The fourth-order valence-electron chi connectivity index (χ4n) is 0.680. The van der Waals surface area contributed by atoms with Crippen molar-refractivity contribution in [3.05, 3.63) is 24.4 Å². The summed E-state index contributed by atoms with van der Waals surface area (Å²) in [4.78, 5) is 0. The van der Waals surface area contributed by atoms with E-state index in [1.165, 1.54) is 10.9 Å². The highest BCUT2D eigenvalue weighted by Crippen LogP contribution is 2.06. The molecule has 0 amide bonds. The van der Waals surface area contributed by atoms with E-state index in [0.717, 1.165) is 5.41 Å². The zero-order valence-electron chi connectivity index (χ0n) is 6.56. The third kappa shape index (κ3) is 2.09. The summed E-state index contributed by atoms with van der Waals surface area (Å²) >= 11 is 0. The van der Waals surface area contributed by atoms with Crippen LogP contribution >= 0.6 is 0 Å². The van der Waals surface area contributed by atoms with Crippen LogP contribution in [0.15, 0.2) is 24.4 Å². The van der Waals surface area contributed by atoms with Crippen LogP contribution in [-0.2, 0) is 17.1 Å². The minimum absolute atomic E-state index is 0.428. The first-order valence-corrected chi connectivity index (χ1v) is 4.72. The second-order valence-corrected chi connectivity index (χ2v) is 3.84. The van der Waals surface area contributed by atoms with E-state index in [4.69, 9.17) is 0 Å². The predicted octanol–water partition coefficient (Wildman–Crippen LogP) is 0.305. The van der Waals surface area contributed by atoms with Gasteiger partial charge >= 0.3 is 0 Å². The Balaban J connectivity index is 2.84. The lowest BCUT2D eigenvalue weighted by molar-refractivity contribution is 0.609. The van der Waals surface area contributed by atoms with Gasteiger partial charge in [-0.15, -0.1) is 0 Å². The number of nitrogens with zero attached hydrogens (tertiary/aromatic N) is 2. The van der Waals surface area contributed by atoms with Gasteiger partial charge in [0, 0.05) is 18.7 Å². The molecule has 0 unspecified atom stereocenters. The maximum absolute atomic E-state index is 10.9. The molecule has 0 fully saturated rings. The molecule has 66 valence electrons. The molecule has 0 aliphatic heterocycles. The lowest BCUT2D eigenvalue weighted by atomic mass is 10.6. The average Bonchev–Trinajstić information content (AvgIpc) is 2.35. The molecule has 0 saturated heterocycles. The Morgan fingerprint density at radius 3 is 2.83 bits per heavy atom. The van der Waals surface area contributed by atoms with E-state index in [1.807, 2.05) is 0 Å². The van der Waals surface area contributed by atoms with Crippen molar-refractivity contribution >= 4 is 15.7 Å². The molecule has 0 atom stereocenters. The summed E-state index contributed by atoms with van der Waals surface area (Å²) in [5, 5.41) is 4.64. The number of anilines is 1. The smallest absolute Gasteiger partial charge is 0.254 e. The van der Waals surface area contributed by atoms with Crippen LogP contribution in [0.25, 0.3) is 0 Å². The molecule has 0 radical (unpaired) electrons. The van der Waals surface area contributed by atoms with Gasteiger partial charge in [0.25, 0.3) is 10.0 Å². The van der Waals surface area contributed by atoms with E-state index in [0.29, 0.717) is 5.69 Å². The van der Waals surface area contributed by atoms with Gasteiger partial charge in [0.15, 0.2) is 0 Å². The van der Waals surface area contributed by atoms with E-state index in [-0.39, 0.29) is 0 Å². The first kappa shape index (κ1) is 8.79. The van der Waals surface area contributed by atoms with Crippen LogP contribution in [-0.4, -0.2) is 18.2 Å². The van der Waals surface area contributed by atoms with Gasteiger partial charge in [-0.1, -0.05) is 6.58 Å². The summed E-state index contributed by atoms with van der Waals surface area (Å²) in [5.74, 6) is 0. The highest BCUT2D eigenvalue weighted by atomic mass is 32.2. The van der Waals surface area contributed by atoms with E-state index in [1.54, 1.807) is 13.2 Å². The van der Waals surface area contributed by atoms with Crippen LogP contribution < -0.4 is 4.72 Å². The first-order chi connectivity index (χ1) is 5.53. The standard InChI is InChI=1S/C6H9N3O2S/c1-3-12(10,11)8-6-4-7-9(2)5-6/h3-5,8H,1H2,2H3. The van der Waals surface area contributed by atoms with Crippen LogP contribution in [0.5, 0.6) is 0 Å². The Bertz CT molecular complexity index is 379. The van der Waals surface area contributed by atoms with Crippen molar-refractivity contribution < 1.29 is 8.42 Å². The maximum Gasteiger partial charge on any atom is 0.254 e. The van der Waals surface area contributed by atoms with Crippen molar-refractivity contribution in [1.82, 2.24) is 9.78 Å². The molecule has 12 heavy (non-hydrogen) atoms. The van der Waals surface area contributed by atoms with Gasteiger partial charge in [-0.2, -0.15) is 5.10 Å². The normalized spacial score (nSPS) is 11.1. The molecule has 5 nitrogen and oxygen atoms in total. The second kappa shape index (κ2) is 2.98. The predicted molar refractivity (Wildman–Crippen MR) is 45.9 cm³/mol. The quantitative estimate of drug-likeness (QED) is 0.740. The second-order valence-electron chi connectivity index (χ2n) is 2.22. The molecule has 1 aromatic rings. The fraction of sp³-hybridized carbons (Fsp3) is 0.167. The van der Waals surface area contributed by atoms with Gasteiger partial charge in [0.1, 0.15) is 0 Å². The van der Waals surface area contributed by atoms with Crippen molar-refractivity contribution in [2.24, 2.45) is 7.05 Å². The number of rotatable bonds is 3. The molecule has 6 heteroatoms. The number of aromatic nitrogens is 2. The lowest BCUT2D eigenvalue weighted by Crippen LogP contribution is -2.07. The summed E-state index contributed by atoms with van der Waals surface area (Å²) in [7, 11) is -1.70. The molecular formula is C6H9N3O2S. The number of hydrogen-bond donors (Lipinski definition) is 1.